The molecule has 0 spiro atoms. The van der Waals surface area contributed by atoms with Crippen LogP contribution in [0.15, 0.2) is 24.3 Å². The molecule has 1 heterocycles. The molecule has 0 fully saturated rings. The minimum atomic E-state index is -4.46. The number of aromatic nitrogens is 3. The second-order valence-corrected chi connectivity index (χ2v) is 4.29. The first-order valence-corrected chi connectivity index (χ1v) is 6.18. The highest BCUT2D eigenvalue weighted by atomic mass is 19.4. The summed E-state index contributed by atoms with van der Waals surface area (Å²) < 4.78 is 40.6. The molecule has 20 heavy (non-hydrogen) atoms. The molecule has 7 heteroatoms. The number of hydrogen-bond acceptors (Lipinski definition) is 3. The second-order valence-electron chi connectivity index (χ2n) is 4.29. The first-order valence-electron chi connectivity index (χ1n) is 6.18. The standard InChI is InChI=1S/C13H14F3N3O/c1-2-7-19-11(8-20)17-18-12(19)9-5-3-4-6-10(9)13(14,15)16/h3-6,20H,2,7-8H2,1H3. The molecule has 1 N–H and O–H groups in total. The zero-order valence-electron chi connectivity index (χ0n) is 10.9. The maximum atomic E-state index is 13.0. The Balaban J connectivity index is 2.60. The maximum absolute atomic E-state index is 13.0. The molecule has 0 aliphatic heterocycles. The van der Waals surface area contributed by atoms with E-state index in [4.69, 9.17) is 0 Å². The molecule has 0 atom stereocenters. The van der Waals surface area contributed by atoms with Crippen molar-refractivity contribution >= 4 is 0 Å². The third kappa shape index (κ3) is 2.67. The number of rotatable bonds is 4. The van der Waals surface area contributed by atoms with Crippen LogP contribution in [0.3, 0.4) is 0 Å². The minimum Gasteiger partial charge on any atom is -0.388 e. The highest BCUT2D eigenvalue weighted by Crippen LogP contribution is 2.36. The number of halogens is 3. The zero-order valence-corrected chi connectivity index (χ0v) is 10.9. The van der Waals surface area contributed by atoms with Gasteiger partial charge in [0.25, 0.3) is 0 Å². The molecule has 0 saturated heterocycles. The highest BCUT2D eigenvalue weighted by molar-refractivity contribution is 5.61. The summed E-state index contributed by atoms with van der Waals surface area (Å²) in [6.45, 7) is 1.98. The van der Waals surface area contributed by atoms with Gasteiger partial charge in [0.15, 0.2) is 11.6 Å². The second kappa shape index (κ2) is 5.62. The van der Waals surface area contributed by atoms with E-state index in [0.717, 1.165) is 6.07 Å². The SMILES string of the molecule is CCCn1c(CO)nnc1-c1ccccc1C(F)(F)F. The molecule has 0 aliphatic rings. The Labute approximate surface area is 113 Å². The van der Waals surface area contributed by atoms with E-state index in [2.05, 4.69) is 10.2 Å². The van der Waals surface area contributed by atoms with Crippen molar-refractivity contribution in [3.8, 4) is 11.4 Å². The molecule has 108 valence electrons. The topological polar surface area (TPSA) is 50.9 Å². The van der Waals surface area contributed by atoms with E-state index in [0.29, 0.717) is 13.0 Å². The van der Waals surface area contributed by atoms with E-state index < -0.39 is 11.7 Å². The third-order valence-corrected chi connectivity index (χ3v) is 2.89. The summed E-state index contributed by atoms with van der Waals surface area (Å²) in [4.78, 5) is 0. The van der Waals surface area contributed by atoms with Gasteiger partial charge in [-0.15, -0.1) is 10.2 Å². The molecule has 2 aromatic rings. The molecule has 0 radical (unpaired) electrons. The minimum absolute atomic E-state index is 0.0272. The molecule has 1 aromatic carbocycles. The van der Waals surface area contributed by atoms with E-state index in [1.54, 1.807) is 0 Å². The summed E-state index contributed by atoms with van der Waals surface area (Å²) in [7, 11) is 0. The van der Waals surface area contributed by atoms with Crippen LogP contribution in [0.5, 0.6) is 0 Å². The van der Waals surface area contributed by atoms with Crippen molar-refractivity contribution in [2.45, 2.75) is 32.7 Å². The molecular formula is C13H14F3N3O. The van der Waals surface area contributed by atoms with Gasteiger partial charge in [-0.1, -0.05) is 25.1 Å². The first-order chi connectivity index (χ1) is 9.49. The Hall–Kier alpha value is -1.89. The molecule has 0 aliphatic carbocycles. The summed E-state index contributed by atoms with van der Waals surface area (Å²) in [6, 6.07) is 5.23. The average molecular weight is 285 g/mol. The largest absolute Gasteiger partial charge is 0.417 e. The quantitative estimate of drug-likeness (QED) is 0.939. The van der Waals surface area contributed by atoms with Crippen LogP contribution in [-0.4, -0.2) is 19.9 Å². The smallest absolute Gasteiger partial charge is 0.388 e. The van der Waals surface area contributed by atoms with Gasteiger partial charge in [-0.05, 0) is 12.5 Å². The summed E-state index contributed by atoms with van der Waals surface area (Å²) in [5.41, 5.74) is -0.783. The van der Waals surface area contributed by atoms with Gasteiger partial charge >= 0.3 is 6.18 Å². The van der Waals surface area contributed by atoms with E-state index in [-0.39, 0.29) is 23.8 Å². The number of alkyl halides is 3. The van der Waals surface area contributed by atoms with Crippen LogP contribution in [0.2, 0.25) is 0 Å². The Morgan fingerprint density at radius 1 is 1.20 bits per heavy atom. The van der Waals surface area contributed by atoms with Gasteiger partial charge in [-0.25, -0.2) is 0 Å². The molecule has 2 rings (SSSR count). The van der Waals surface area contributed by atoms with E-state index in [1.165, 1.54) is 22.8 Å². The lowest BCUT2D eigenvalue weighted by Crippen LogP contribution is -2.10. The van der Waals surface area contributed by atoms with Crippen molar-refractivity contribution in [1.82, 2.24) is 14.8 Å². The fourth-order valence-electron chi connectivity index (χ4n) is 2.04. The van der Waals surface area contributed by atoms with Gasteiger partial charge in [0.2, 0.25) is 0 Å². The van der Waals surface area contributed by atoms with Crippen molar-refractivity contribution in [1.29, 1.82) is 0 Å². The fraction of sp³-hybridized carbons (Fsp3) is 0.385. The van der Waals surface area contributed by atoms with E-state index in [1.807, 2.05) is 6.92 Å². The normalized spacial score (nSPS) is 11.8. The van der Waals surface area contributed by atoms with Gasteiger partial charge in [0.1, 0.15) is 6.61 Å². The van der Waals surface area contributed by atoms with Crippen LogP contribution in [0.25, 0.3) is 11.4 Å². The molecule has 0 bridgehead atoms. The van der Waals surface area contributed by atoms with Crippen LogP contribution < -0.4 is 0 Å². The summed E-state index contributed by atoms with van der Waals surface area (Å²) in [6.07, 6.45) is -3.76. The molecule has 4 nitrogen and oxygen atoms in total. The van der Waals surface area contributed by atoms with E-state index >= 15 is 0 Å². The monoisotopic (exact) mass is 285 g/mol. The van der Waals surface area contributed by atoms with Crippen LogP contribution in [0.4, 0.5) is 13.2 Å². The summed E-state index contributed by atoms with van der Waals surface area (Å²) >= 11 is 0. The molecular weight excluding hydrogens is 271 g/mol. The number of nitrogens with zero attached hydrogens (tertiary/aromatic N) is 3. The number of benzene rings is 1. The Morgan fingerprint density at radius 2 is 1.90 bits per heavy atom. The van der Waals surface area contributed by atoms with Gasteiger partial charge < -0.3 is 9.67 Å². The molecule has 1 aromatic heterocycles. The van der Waals surface area contributed by atoms with Crippen LogP contribution in [0.1, 0.15) is 24.7 Å². The first kappa shape index (κ1) is 14.5. The van der Waals surface area contributed by atoms with Gasteiger partial charge in [0, 0.05) is 12.1 Å². The van der Waals surface area contributed by atoms with E-state index in [9.17, 15) is 18.3 Å². The lowest BCUT2D eigenvalue weighted by Gasteiger charge is -2.13. The number of hydrogen-bond donors (Lipinski definition) is 1. The van der Waals surface area contributed by atoms with Crippen molar-refractivity contribution in [2.75, 3.05) is 0 Å². The average Bonchev–Trinajstić information content (AvgIpc) is 2.81. The lowest BCUT2D eigenvalue weighted by molar-refractivity contribution is -0.137. The van der Waals surface area contributed by atoms with Crippen molar-refractivity contribution in [3.63, 3.8) is 0 Å². The van der Waals surface area contributed by atoms with Crippen molar-refractivity contribution in [2.24, 2.45) is 0 Å². The van der Waals surface area contributed by atoms with Gasteiger partial charge in [0.05, 0.1) is 5.56 Å². The van der Waals surface area contributed by atoms with Crippen LogP contribution >= 0.6 is 0 Å². The van der Waals surface area contributed by atoms with Crippen LogP contribution in [0, 0.1) is 0 Å². The summed E-state index contributed by atoms with van der Waals surface area (Å²) in [5.74, 6) is 0.391. The number of aliphatic hydroxyl groups excluding tert-OH is 1. The molecule has 0 unspecified atom stereocenters. The Kier molecular flexibility index (Phi) is 4.08. The Bertz CT molecular complexity index is 593. The van der Waals surface area contributed by atoms with Gasteiger partial charge in [-0.3, -0.25) is 0 Å². The molecule has 0 saturated carbocycles. The molecule has 0 amide bonds. The summed E-state index contributed by atoms with van der Waals surface area (Å²) in [5, 5.41) is 16.7. The predicted molar refractivity (Wildman–Crippen MR) is 66.7 cm³/mol. The fourth-order valence-corrected chi connectivity index (χ4v) is 2.04. The highest BCUT2D eigenvalue weighted by Gasteiger charge is 2.34. The maximum Gasteiger partial charge on any atom is 0.417 e. The predicted octanol–water partition coefficient (Wildman–Crippen LogP) is 2.87. The lowest BCUT2D eigenvalue weighted by atomic mass is 10.1. The number of aliphatic hydroxyl groups is 1. The van der Waals surface area contributed by atoms with Crippen molar-refractivity contribution in [3.05, 3.63) is 35.7 Å². The third-order valence-electron chi connectivity index (χ3n) is 2.89. The Morgan fingerprint density at radius 3 is 2.50 bits per heavy atom. The van der Waals surface area contributed by atoms with Crippen LogP contribution in [-0.2, 0) is 19.3 Å². The van der Waals surface area contributed by atoms with Gasteiger partial charge in [-0.2, -0.15) is 13.2 Å². The zero-order chi connectivity index (χ0) is 14.8. The van der Waals surface area contributed by atoms with Crippen molar-refractivity contribution < 1.29 is 18.3 Å².